The van der Waals surface area contributed by atoms with E-state index in [1.54, 1.807) is 0 Å². The quantitative estimate of drug-likeness (QED) is 0.902. The molecule has 0 amide bonds. The minimum absolute atomic E-state index is 0.568. The summed E-state index contributed by atoms with van der Waals surface area (Å²) in [6.07, 6.45) is 2.75. The molecule has 3 heteroatoms. The number of likely N-dealkylation sites (tertiary alicyclic amines) is 1. The number of piperidine rings is 1. The van der Waals surface area contributed by atoms with Crippen LogP contribution < -0.4 is 5.32 Å². The van der Waals surface area contributed by atoms with Crippen molar-refractivity contribution in [1.29, 1.82) is 0 Å². The zero-order valence-electron chi connectivity index (χ0n) is 11.1. The van der Waals surface area contributed by atoms with Gasteiger partial charge in [0.1, 0.15) is 0 Å². The van der Waals surface area contributed by atoms with Gasteiger partial charge in [-0.25, -0.2) is 0 Å². The highest BCUT2D eigenvalue weighted by Gasteiger charge is 2.24. The first-order valence-corrected chi connectivity index (χ1v) is 7.95. The van der Waals surface area contributed by atoms with Crippen LogP contribution >= 0.6 is 11.8 Å². The molecule has 0 saturated carbocycles. The van der Waals surface area contributed by atoms with E-state index in [2.05, 4.69) is 41.5 Å². The van der Waals surface area contributed by atoms with E-state index in [1.807, 2.05) is 11.8 Å². The summed E-state index contributed by atoms with van der Waals surface area (Å²) in [4.78, 5) is 3.93. The van der Waals surface area contributed by atoms with Crippen LogP contribution in [-0.2, 0) is 0 Å². The van der Waals surface area contributed by atoms with Gasteiger partial charge in [0.05, 0.1) is 0 Å². The number of hydrogen-bond donors (Lipinski definition) is 1. The molecule has 1 fully saturated rings. The minimum atomic E-state index is 0.568. The molecule has 2 unspecified atom stereocenters. The first-order valence-electron chi connectivity index (χ1n) is 6.96. The van der Waals surface area contributed by atoms with E-state index in [9.17, 15) is 0 Å². The van der Waals surface area contributed by atoms with Crippen molar-refractivity contribution in [3.8, 4) is 0 Å². The molecule has 2 aliphatic rings. The molecule has 1 aromatic rings. The van der Waals surface area contributed by atoms with Gasteiger partial charge in [0.15, 0.2) is 0 Å². The zero-order chi connectivity index (χ0) is 12.4. The van der Waals surface area contributed by atoms with Crippen LogP contribution in [0, 0.1) is 5.92 Å². The van der Waals surface area contributed by atoms with Crippen LogP contribution in [0.2, 0.25) is 0 Å². The van der Waals surface area contributed by atoms with Crippen LogP contribution in [0.1, 0.15) is 24.4 Å². The smallest absolute Gasteiger partial charge is 0.0426 e. The van der Waals surface area contributed by atoms with Crippen LogP contribution in [0.5, 0.6) is 0 Å². The number of nitrogens with one attached hydrogen (secondary N) is 1. The molecule has 18 heavy (non-hydrogen) atoms. The summed E-state index contributed by atoms with van der Waals surface area (Å²) in [7, 11) is 2.24. The largest absolute Gasteiger partial charge is 0.309 e. The predicted octanol–water partition coefficient (Wildman–Crippen LogP) is 2.76. The predicted molar refractivity (Wildman–Crippen MR) is 78.1 cm³/mol. The van der Waals surface area contributed by atoms with Gasteiger partial charge in [0, 0.05) is 23.2 Å². The van der Waals surface area contributed by atoms with Gasteiger partial charge in [-0.3, -0.25) is 0 Å². The van der Waals surface area contributed by atoms with E-state index in [-0.39, 0.29) is 0 Å². The maximum absolute atomic E-state index is 3.78. The molecule has 2 atom stereocenters. The number of hydrogen-bond acceptors (Lipinski definition) is 3. The Morgan fingerprint density at radius 2 is 2.28 bits per heavy atom. The fourth-order valence-electron chi connectivity index (χ4n) is 3.08. The third-order valence-corrected chi connectivity index (χ3v) is 5.26. The Kier molecular flexibility index (Phi) is 3.92. The van der Waals surface area contributed by atoms with Gasteiger partial charge in [-0.1, -0.05) is 18.2 Å². The average molecular weight is 262 g/mol. The van der Waals surface area contributed by atoms with Crippen LogP contribution in [0.4, 0.5) is 0 Å². The maximum Gasteiger partial charge on any atom is 0.0426 e. The summed E-state index contributed by atoms with van der Waals surface area (Å²) in [6.45, 7) is 3.71. The molecule has 2 heterocycles. The Morgan fingerprint density at radius 1 is 1.39 bits per heavy atom. The highest BCUT2D eigenvalue weighted by Crippen LogP contribution is 2.37. The Balaban J connectivity index is 1.55. The van der Waals surface area contributed by atoms with E-state index in [0.29, 0.717) is 6.04 Å². The summed E-state index contributed by atoms with van der Waals surface area (Å²) in [5.74, 6) is 2.03. The molecule has 2 aliphatic heterocycles. The van der Waals surface area contributed by atoms with Crippen molar-refractivity contribution in [2.75, 3.05) is 32.4 Å². The molecule has 1 saturated heterocycles. The van der Waals surface area contributed by atoms with Crippen molar-refractivity contribution in [3.05, 3.63) is 29.8 Å². The SMILES string of the molecule is CN1CCCC(CNC2CSc3ccccc32)C1. The van der Waals surface area contributed by atoms with Gasteiger partial charge in [-0.05, 0) is 50.5 Å². The molecule has 0 aromatic heterocycles. The number of rotatable bonds is 3. The minimum Gasteiger partial charge on any atom is -0.309 e. The summed E-state index contributed by atoms with van der Waals surface area (Å²) >= 11 is 1.99. The zero-order valence-corrected chi connectivity index (χ0v) is 11.9. The second-order valence-corrected chi connectivity index (χ2v) is 6.64. The first-order chi connectivity index (χ1) is 8.83. The van der Waals surface area contributed by atoms with Gasteiger partial charge >= 0.3 is 0 Å². The van der Waals surface area contributed by atoms with Gasteiger partial charge in [-0.2, -0.15) is 0 Å². The number of thioether (sulfide) groups is 1. The lowest BCUT2D eigenvalue weighted by Gasteiger charge is -2.30. The van der Waals surface area contributed by atoms with Gasteiger partial charge < -0.3 is 10.2 Å². The molecule has 0 bridgehead atoms. The van der Waals surface area contributed by atoms with E-state index in [4.69, 9.17) is 0 Å². The van der Waals surface area contributed by atoms with E-state index in [0.717, 1.165) is 5.92 Å². The van der Waals surface area contributed by atoms with Crippen LogP contribution in [-0.4, -0.2) is 37.3 Å². The van der Waals surface area contributed by atoms with Crippen molar-refractivity contribution in [3.63, 3.8) is 0 Å². The van der Waals surface area contributed by atoms with E-state index in [1.165, 1.54) is 48.7 Å². The summed E-state index contributed by atoms with van der Waals surface area (Å²) in [5.41, 5.74) is 1.51. The Morgan fingerprint density at radius 3 is 3.17 bits per heavy atom. The number of nitrogens with zero attached hydrogens (tertiary/aromatic N) is 1. The number of fused-ring (bicyclic) bond motifs is 1. The molecule has 98 valence electrons. The van der Waals surface area contributed by atoms with Crippen molar-refractivity contribution in [1.82, 2.24) is 10.2 Å². The van der Waals surface area contributed by atoms with Gasteiger partial charge in [-0.15, -0.1) is 11.8 Å². The molecule has 0 radical (unpaired) electrons. The Labute approximate surface area is 114 Å². The number of benzene rings is 1. The average Bonchev–Trinajstić information content (AvgIpc) is 2.80. The molecule has 0 spiro atoms. The van der Waals surface area contributed by atoms with Gasteiger partial charge in [0.2, 0.25) is 0 Å². The highest BCUT2D eigenvalue weighted by molar-refractivity contribution is 7.99. The molecular weight excluding hydrogens is 240 g/mol. The molecule has 1 aromatic carbocycles. The van der Waals surface area contributed by atoms with Crippen molar-refractivity contribution in [2.24, 2.45) is 5.92 Å². The molecule has 1 N–H and O–H groups in total. The molecule has 3 rings (SSSR count). The third kappa shape index (κ3) is 2.73. The lowest BCUT2D eigenvalue weighted by Crippen LogP contribution is -2.38. The van der Waals surface area contributed by atoms with Crippen molar-refractivity contribution >= 4 is 11.8 Å². The molecule has 0 aliphatic carbocycles. The standard InChI is InChI=1S/C15H22N2S/c1-17-8-4-5-12(10-17)9-16-14-11-18-15-7-3-2-6-13(14)15/h2-3,6-7,12,14,16H,4-5,8-11H2,1H3. The van der Waals surface area contributed by atoms with Crippen LogP contribution in [0.25, 0.3) is 0 Å². The Bertz CT molecular complexity index is 407. The fraction of sp³-hybridized carbons (Fsp3) is 0.600. The summed E-state index contributed by atoms with van der Waals surface area (Å²) in [5, 5.41) is 3.78. The van der Waals surface area contributed by atoms with Crippen molar-refractivity contribution in [2.45, 2.75) is 23.8 Å². The van der Waals surface area contributed by atoms with E-state index >= 15 is 0 Å². The Hall–Kier alpha value is -0.510. The van der Waals surface area contributed by atoms with Crippen LogP contribution in [0.3, 0.4) is 0 Å². The summed E-state index contributed by atoms with van der Waals surface area (Å²) in [6, 6.07) is 9.40. The normalized spacial score (nSPS) is 28.3. The highest BCUT2D eigenvalue weighted by atomic mass is 32.2. The van der Waals surface area contributed by atoms with Crippen molar-refractivity contribution < 1.29 is 0 Å². The second-order valence-electron chi connectivity index (χ2n) is 5.58. The third-order valence-electron chi connectivity index (χ3n) is 4.07. The molecule has 2 nitrogen and oxygen atoms in total. The first kappa shape index (κ1) is 12.5. The summed E-state index contributed by atoms with van der Waals surface area (Å²) < 4.78 is 0. The topological polar surface area (TPSA) is 15.3 Å². The lowest BCUT2D eigenvalue weighted by atomic mass is 9.98. The fourth-order valence-corrected chi connectivity index (χ4v) is 4.28. The monoisotopic (exact) mass is 262 g/mol. The second kappa shape index (κ2) is 5.64. The lowest BCUT2D eigenvalue weighted by molar-refractivity contribution is 0.204. The van der Waals surface area contributed by atoms with Gasteiger partial charge in [0.25, 0.3) is 0 Å². The maximum atomic E-state index is 3.78. The van der Waals surface area contributed by atoms with Crippen LogP contribution in [0.15, 0.2) is 29.2 Å². The van der Waals surface area contributed by atoms with E-state index < -0.39 is 0 Å². The molecular formula is C15H22N2S.